The minimum Gasteiger partial charge on any atom is -0.481 e. The van der Waals surface area contributed by atoms with Crippen molar-refractivity contribution < 1.29 is 29.0 Å². The van der Waals surface area contributed by atoms with Crippen LogP contribution in [0.1, 0.15) is 95.3 Å². The monoisotopic (exact) mass is 606 g/mol. The molecule has 240 valence electrons. The van der Waals surface area contributed by atoms with Gasteiger partial charge < -0.3 is 15.2 Å². The number of ether oxygens (including phenoxy) is 1. The van der Waals surface area contributed by atoms with Crippen molar-refractivity contribution in [3.05, 3.63) is 90.9 Å². The number of unbranched alkanes of at least 4 members (excludes halogenated alkanes) is 1. The molecule has 0 aliphatic heterocycles. The lowest BCUT2D eigenvalue weighted by molar-refractivity contribution is -0.150. The molecule has 0 aliphatic carbocycles. The molecule has 44 heavy (non-hydrogen) atoms. The van der Waals surface area contributed by atoms with Crippen LogP contribution in [0.25, 0.3) is 0 Å². The van der Waals surface area contributed by atoms with E-state index in [-0.39, 0.29) is 44.2 Å². The fraction of sp³-hybridized carbons (Fsp3) is 0.472. The van der Waals surface area contributed by atoms with Gasteiger partial charge in [-0.1, -0.05) is 81.5 Å². The number of carboxylic acid groups (broad SMARTS) is 1. The number of rotatable bonds is 23. The first-order valence-electron chi connectivity index (χ1n) is 15.5. The lowest BCUT2D eigenvalue weighted by atomic mass is 9.75. The zero-order chi connectivity index (χ0) is 32.5. The van der Waals surface area contributed by atoms with Gasteiger partial charge in [-0.2, -0.15) is 0 Å². The van der Waals surface area contributed by atoms with E-state index in [9.17, 15) is 19.2 Å². The third kappa shape index (κ3) is 18.5. The van der Waals surface area contributed by atoms with Crippen molar-refractivity contribution in [2.45, 2.75) is 85.0 Å². The second kappa shape index (κ2) is 23.4. The van der Waals surface area contributed by atoms with Crippen molar-refractivity contribution >= 4 is 23.6 Å². The molecule has 0 saturated heterocycles. The van der Waals surface area contributed by atoms with Gasteiger partial charge in [-0.15, -0.1) is 0 Å². The number of Topliss-reactive ketones (excluding diaryl/α,β-unsaturated/α-hetero) is 1. The molecule has 0 saturated carbocycles. The number of aromatic nitrogens is 1. The average molecular weight is 607 g/mol. The van der Waals surface area contributed by atoms with Crippen LogP contribution in [-0.4, -0.2) is 46.9 Å². The van der Waals surface area contributed by atoms with Crippen LogP contribution in [0.4, 0.5) is 0 Å². The molecule has 0 aromatic carbocycles. The maximum absolute atomic E-state index is 13.0. The summed E-state index contributed by atoms with van der Waals surface area (Å²) >= 11 is 0. The molecular weight excluding hydrogens is 556 g/mol. The first kappa shape index (κ1) is 38.0. The Bertz CT molecular complexity index is 1150. The smallest absolute Gasteiger partial charge is 0.305 e. The maximum Gasteiger partial charge on any atom is 0.305 e. The molecule has 1 atom stereocenters. The van der Waals surface area contributed by atoms with Crippen LogP contribution in [0.2, 0.25) is 0 Å². The largest absolute Gasteiger partial charge is 0.481 e. The predicted molar refractivity (Wildman–Crippen MR) is 175 cm³/mol. The zero-order valence-electron chi connectivity index (χ0n) is 26.6. The maximum atomic E-state index is 13.0. The molecule has 0 fully saturated rings. The highest BCUT2D eigenvalue weighted by atomic mass is 16.5. The number of amides is 1. The summed E-state index contributed by atoms with van der Waals surface area (Å²) in [4.78, 5) is 53.1. The van der Waals surface area contributed by atoms with Crippen molar-refractivity contribution in [3.8, 4) is 0 Å². The van der Waals surface area contributed by atoms with E-state index in [0.29, 0.717) is 12.0 Å². The predicted octanol–water partition coefficient (Wildman–Crippen LogP) is 7.35. The van der Waals surface area contributed by atoms with Gasteiger partial charge in [0.05, 0.1) is 18.9 Å². The molecule has 8 heteroatoms. The molecular formula is C36H50N2O6. The van der Waals surface area contributed by atoms with E-state index in [0.717, 1.165) is 38.5 Å². The molecule has 0 bridgehead atoms. The Hall–Kier alpha value is -4.07. The molecule has 2 N–H and O–H groups in total. The number of aliphatic carboxylic acids is 1. The van der Waals surface area contributed by atoms with E-state index in [2.05, 4.69) is 78.0 Å². The molecule has 0 radical (unpaired) electrons. The Kier molecular flexibility index (Phi) is 20.2. The summed E-state index contributed by atoms with van der Waals surface area (Å²) < 4.78 is 5.51. The highest BCUT2D eigenvalue weighted by Gasteiger charge is 2.38. The molecule has 1 aromatic heterocycles. The quantitative estimate of drug-likeness (QED) is 0.0578. The van der Waals surface area contributed by atoms with Gasteiger partial charge in [0.2, 0.25) is 5.91 Å². The van der Waals surface area contributed by atoms with Gasteiger partial charge >= 0.3 is 11.9 Å². The topological polar surface area (TPSA) is 123 Å². The van der Waals surface area contributed by atoms with Crippen LogP contribution in [0.3, 0.4) is 0 Å². The van der Waals surface area contributed by atoms with E-state index >= 15 is 0 Å². The van der Waals surface area contributed by atoms with Crippen LogP contribution in [0.5, 0.6) is 0 Å². The Balaban J connectivity index is 2.43. The van der Waals surface area contributed by atoms with Gasteiger partial charge in [-0.05, 0) is 57.1 Å². The van der Waals surface area contributed by atoms with Crippen LogP contribution in [0, 0.1) is 11.3 Å². The lowest BCUT2D eigenvalue weighted by Gasteiger charge is -2.32. The molecule has 1 amide bonds. The fourth-order valence-corrected chi connectivity index (χ4v) is 4.14. The summed E-state index contributed by atoms with van der Waals surface area (Å²) in [5.41, 5.74) is -0.496. The number of esters is 1. The second-order valence-electron chi connectivity index (χ2n) is 11.1. The number of hydrogen-bond donors (Lipinski definition) is 2. The SMILES string of the molecule is CCC=CCC=CCC=CCC=CCC=CCCCC(=O)OCC(C)(C)C(CC(=O)c1cccnc1)C(=O)NCCC(=O)O. The minimum atomic E-state index is -1.04. The van der Waals surface area contributed by atoms with Crippen LogP contribution < -0.4 is 5.32 Å². The third-order valence-corrected chi connectivity index (χ3v) is 6.79. The summed E-state index contributed by atoms with van der Waals surface area (Å²) in [6, 6.07) is 3.26. The van der Waals surface area contributed by atoms with Crippen LogP contribution in [-0.2, 0) is 19.1 Å². The molecule has 8 nitrogen and oxygen atoms in total. The average Bonchev–Trinajstić information content (AvgIpc) is 3.00. The van der Waals surface area contributed by atoms with Crippen molar-refractivity contribution in [2.75, 3.05) is 13.2 Å². The number of ketones is 1. The van der Waals surface area contributed by atoms with Crippen LogP contribution >= 0.6 is 0 Å². The van der Waals surface area contributed by atoms with Crippen molar-refractivity contribution in [3.63, 3.8) is 0 Å². The summed E-state index contributed by atoms with van der Waals surface area (Å²) in [7, 11) is 0. The number of nitrogens with zero attached hydrogens (tertiary/aromatic N) is 1. The Morgan fingerprint density at radius 3 is 2.05 bits per heavy atom. The van der Waals surface area contributed by atoms with Crippen LogP contribution in [0.15, 0.2) is 85.3 Å². The summed E-state index contributed by atoms with van der Waals surface area (Å²) in [6.45, 7) is 5.54. The molecule has 0 spiro atoms. The number of hydrogen-bond acceptors (Lipinski definition) is 6. The lowest BCUT2D eigenvalue weighted by Crippen LogP contribution is -2.43. The second-order valence-corrected chi connectivity index (χ2v) is 11.1. The zero-order valence-corrected chi connectivity index (χ0v) is 26.6. The summed E-state index contributed by atoms with van der Waals surface area (Å²) in [6.07, 6.45) is 30.4. The van der Waals surface area contributed by atoms with E-state index in [1.54, 1.807) is 32.2 Å². The summed E-state index contributed by atoms with van der Waals surface area (Å²) in [5, 5.41) is 11.5. The van der Waals surface area contributed by atoms with E-state index in [4.69, 9.17) is 9.84 Å². The molecule has 1 heterocycles. The Morgan fingerprint density at radius 1 is 0.909 bits per heavy atom. The number of allylic oxidation sites excluding steroid dienone is 10. The highest BCUT2D eigenvalue weighted by Crippen LogP contribution is 2.32. The number of pyridine rings is 1. The normalized spacial score (nSPS) is 13.0. The van der Waals surface area contributed by atoms with Crippen molar-refractivity contribution in [1.29, 1.82) is 0 Å². The van der Waals surface area contributed by atoms with Gasteiger partial charge in [0.25, 0.3) is 0 Å². The van der Waals surface area contributed by atoms with Gasteiger partial charge in [-0.25, -0.2) is 0 Å². The van der Waals surface area contributed by atoms with Gasteiger partial charge in [0, 0.05) is 42.8 Å². The van der Waals surface area contributed by atoms with Gasteiger partial charge in [0.1, 0.15) is 0 Å². The Morgan fingerprint density at radius 2 is 1.50 bits per heavy atom. The van der Waals surface area contributed by atoms with E-state index in [1.165, 1.54) is 6.20 Å². The van der Waals surface area contributed by atoms with Gasteiger partial charge in [0.15, 0.2) is 5.78 Å². The number of carboxylic acids is 1. The molecule has 1 unspecified atom stereocenters. The molecule has 1 rings (SSSR count). The van der Waals surface area contributed by atoms with Crippen molar-refractivity contribution in [1.82, 2.24) is 10.3 Å². The standard InChI is InChI=1S/C36H50N2O6/c1-4-5-6-7-8-9-10-11-12-13-14-15-16-17-18-19-20-23-34(42)44-29-36(2,3)31(35(43)38-26-24-33(40)41)27-32(39)30-22-21-25-37-28-30/h5-6,8-9,11-12,14-15,17-18,21-22,25,28,31H,4,7,10,13,16,19-20,23-24,26-27,29H2,1-3H3,(H,38,43)(H,40,41). The van der Waals surface area contributed by atoms with E-state index in [1.807, 2.05) is 0 Å². The van der Waals surface area contributed by atoms with E-state index < -0.39 is 23.2 Å². The Labute approximate surface area is 263 Å². The third-order valence-electron chi connectivity index (χ3n) is 6.79. The van der Waals surface area contributed by atoms with Gasteiger partial charge in [-0.3, -0.25) is 24.2 Å². The number of carbonyl (C=O) groups is 4. The number of nitrogens with one attached hydrogen (secondary N) is 1. The fourth-order valence-electron chi connectivity index (χ4n) is 4.14. The first-order chi connectivity index (χ1) is 21.2. The summed E-state index contributed by atoms with van der Waals surface area (Å²) in [5.74, 6) is -2.96. The molecule has 1 aromatic rings. The minimum absolute atomic E-state index is 0.0508. The van der Waals surface area contributed by atoms with Crippen molar-refractivity contribution in [2.24, 2.45) is 11.3 Å². The molecule has 0 aliphatic rings. The highest BCUT2D eigenvalue weighted by molar-refractivity contribution is 5.98. The number of carbonyl (C=O) groups excluding carboxylic acids is 3. The first-order valence-corrected chi connectivity index (χ1v) is 15.5.